The Kier molecular flexibility index (Phi) is 4.03. The van der Waals surface area contributed by atoms with Gasteiger partial charge in [0.25, 0.3) is 0 Å². The minimum absolute atomic E-state index is 0.0685. The van der Waals surface area contributed by atoms with Crippen LogP contribution in [0.2, 0.25) is 0 Å². The predicted molar refractivity (Wildman–Crippen MR) is 72.5 cm³/mol. The van der Waals surface area contributed by atoms with Crippen LogP contribution in [0, 0.1) is 11.7 Å². The maximum atomic E-state index is 13.6. The van der Waals surface area contributed by atoms with Crippen LogP contribution in [0.4, 0.5) is 10.1 Å². The summed E-state index contributed by atoms with van der Waals surface area (Å²) < 4.78 is 62.2. The minimum Gasteiger partial charge on any atom is -0.282 e. The molecule has 1 aliphatic rings. The molecule has 1 aromatic rings. The number of nitrogens with one attached hydrogen (secondary N) is 1. The Morgan fingerprint density at radius 2 is 1.90 bits per heavy atom. The molecule has 0 unspecified atom stereocenters. The van der Waals surface area contributed by atoms with Gasteiger partial charge in [-0.05, 0) is 30.9 Å². The fraction of sp³-hybridized carbons (Fsp3) is 0.455. The standard InChI is InChI=1S/C11H15FN2O4S2/c12-9-5-2-6-10(11(9)20(13,17)18)14-19(15,16)7-8-3-1-4-8/h2,5-6,8,14H,1,3-4,7H2,(H2,13,17,18). The minimum atomic E-state index is -4.36. The molecule has 9 heteroatoms. The molecule has 3 N–H and O–H groups in total. The molecule has 0 atom stereocenters. The highest BCUT2D eigenvalue weighted by atomic mass is 32.2. The maximum Gasteiger partial charge on any atom is 0.243 e. The molecule has 0 spiro atoms. The average Bonchev–Trinajstić information content (AvgIpc) is 2.21. The number of hydrogen-bond acceptors (Lipinski definition) is 4. The lowest BCUT2D eigenvalue weighted by molar-refractivity contribution is 0.347. The number of anilines is 1. The quantitative estimate of drug-likeness (QED) is 0.844. The average molecular weight is 322 g/mol. The summed E-state index contributed by atoms with van der Waals surface area (Å²) in [6, 6.07) is 3.29. The van der Waals surface area contributed by atoms with E-state index in [-0.39, 0.29) is 17.4 Å². The molecule has 0 saturated heterocycles. The molecule has 0 aromatic heterocycles. The Bertz CT molecular complexity index is 712. The van der Waals surface area contributed by atoms with Gasteiger partial charge in [-0.2, -0.15) is 0 Å². The smallest absolute Gasteiger partial charge is 0.243 e. The van der Waals surface area contributed by atoms with Gasteiger partial charge in [0.15, 0.2) is 0 Å². The molecule has 0 heterocycles. The third-order valence-corrected chi connectivity index (χ3v) is 5.62. The van der Waals surface area contributed by atoms with Crippen molar-refractivity contribution in [2.75, 3.05) is 10.5 Å². The largest absolute Gasteiger partial charge is 0.282 e. The van der Waals surface area contributed by atoms with E-state index >= 15 is 0 Å². The van der Waals surface area contributed by atoms with Crippen LogP contribution in [0.5, 0.6) is 0 Å². The van der Waals surface area contributed by atoms with E-state index in [1.54, 1.807) is 0 Å². The van der Waals surface area contributed by atoms with Crippen LogP contribution >= 0.6 is 0 Å². The molecular formula is C11H15FN2O4S2. The van der Waals surface area contributed by atoms with Gasteiger partial charge in [-0.25, -0.2) is 26.4 Å². The zero-order chi connectivity index (χ0) is 15.0. The van der Waals surface area contributed by atoms with Crippen LogP contribution in [0.3, 0.4) is 0 Å². The van der Waals surface area contributed by atoms with E-state index in [2.05, 4.69) is 4.72 Å². The summed E-state index contributed by atoms with van der Waals surface area (Å²) in [5, 5.41) is 4.91. The van der Waals surface area contributed by atoms with Gasteiger partial charge < -0.3 is 0 Å². The second-order valence-electron chi connectivity index (χ2n) is 4.84. The monoisotopic (exact) mass is 322 g/mol. The summed E-state index contributed by atoms with van der Waals surface area (Å²) >= 11 is 0. The zero-order valence-corrected chi connectivity index (χ0v) is 12.2. The summed E-state index contributed by atoms with van der Waals surface area (Å²) in [5.74, 6) is -1.12. The molecular weight excluding hydrogens is 307 g/mol. The van der Waals surface area contributed by atoms with Gasteiger partial charge in [-0.1, -0.05) is 12.5 Å². The van der Waals surface area contributed by atoms with Crippen LogP contribution in [-0.2, 0) is 20.0 Å². The summed E-state index contributed by atoms with van der Waals surface area (Å²) in [6.45, 7) is 0. The molecule has 1 aliphatic carbocycles. The van der Waals surface area contributed by atoms with Crippen LogP contribution in [0.15, 0.2) is 23.1 Å². The van der Waals surface area contributed by atoms with Crippen molar-refractivity contribution in [3.05, 3.63) is 24.0 Å². The van der Waals surface area contributed by atoms with Gasteiger partial charge in [-0.15, -0.1) is 0 Å². The second kappa shape index (κ2) is 5.30. The lowest BCUT2D eigenvalue weighted by Crippen LogP contribution is -2.28. The Balaban J connectivity index is 2.31. The molecule has 0 amide bonds. The van der Waals surface area contributed by atoms with Crippen molar-refractivity contribution < 1.29 is 21.2 Å². The number of primary sulfonamides is 1. The summed E-state index contributed by atoms with van der Waals surface area (Å²) in [5.41, 5.74) is -0.355. The van der Waals surface area contributed by atoms with Gasteiger partial charge in [0, 0.05) is 0 Å². The summed E-state index contributed by atoms with van der Waals surface area (Å²) in [7, 11) is -8.09. The summed E-state index contributed by atoms with van der Waals surface area (Å²) in [6.07, 6.45) is 2.64. The number of halogens is 1. The topological polar surface area (TPSA) is 106 Å². The van der Waals surface area contributed by atoms with E-state index in [4.69, 9.17) is 5.14 Å². The highest BCUT2D eigenvalue weighted by molar-refractivity contribution is 7.93. The van der Waals surface area contributed by atoms with Crippen molar-refractivity contribution in [3.63, 3.8) is 0 Å². The van der Waals surface area contributed by atoms with Crippen molar-refractivity contribution >= 4 is 25.7 Å². The van der Waals surface area contributed by atoms with E-state index in [0.29, 0.717) is 0 Å². The first-order chi connectivity index (χ1) is 9.19. The molecule has 20 heavy (non-hydrogen) atoms. The molecule has 2 rings (SSSR count). The van der Waals surface area contributed by atoms with Crippen molar-refractivity contribution in [3.8, 4) is 0 Å². The zero-order valence-electron chi connectivity index (χ0n) is 10.5. The van der Waals surface area contributed by atoms with Gasteiger partial charge >= 0.3 is 0 Å². The van der Waals surface area contributed by atoms with Crippen LogP contribution in [0.1, 0.15) is 19.3 Å². The first-order valence-electron chi connectivity index (χ1n) is 6.01. The van der Waals surface area contributed by atoms with Crippen LogP contribution in [-0.4, -0.2) is 22.6 Å². The van der Waals surface area contributed by atoms with E-state index in [1.807, 2.05) is 0 Å². The third-order valence-electron chi connectivity index (χ3n) is 3.20. The Hall–Kier alpha value is -1.19. The Morgan fingerprint density at radius 1 is 1.25 bits per heavy atom. The first-order valence-corrected chi connectivity index (χ1v) is 9.21. The summed E-state index contributed by atoms with van der Waals surface area (Å²) in [4.78, 5) is -0.836. The van der Waals surface area contributed by atoms with Gasteiger partial charge in [0.1, 0.15) is 10.7 Å². The van der Waals surface area contributed by atoms with Crippen molar-refractivity contribution in [2.24, 2.45) is 11.1 Å². The molecule has 1 saturated carbocycles. The number of rotatable bonds is 5. The predicted octanol–water partition coefficient (Wildman–Crippen LogP) is 1.01. The maximum absolute atomic E-state index is 13.6. The van der Waals surface area contributed by atoms with Gasteiger partial charge in [-0.3, -0.25) is 4.72 Å². The molecule has 1 aromatic carbocycles. The van der Waals surface area contributed by atoms with E-state index < -0.39 is 30.8 Å². The molecule has 6 nitrogen and oxygen atoms in total. The van der Waals surface area contributed by atoms with Crippen molar-refractivity contribution in [1.82, 2.24) is 0 Å². The van der Waals surface area contributed by atoms with E-state index in [1.165, 1.54) is 12.1 Å². The fourth-order valence-electron chi connectivity index (χ4n) is 2.06. The van der Waals surface area contributed by atoms with Crippen LogP contribution in [0.25, 0.3) is 0 Å². The normalized spacial score (nSPS) is 16.7. The molecule has 0 radical (unpaired) electrons. The SMILES string of the molecule is NS(=O)(=O)c1c(F)cccc1NS(=O)(=O)CC1CCC1. The second-order valence-corrected chi connectivity index (χ2v) is 8.11. The van der Waals surface area contributed by atoms with Gasteiger partial charge in [0.05, 0.1) is 11.4 Å². The number of hydrogen-bond donors (Lipinski definition) is 2. The molecule has 0 bridgehead atoms. The highest BCUT2D eigenvalue weighted by Gasteiger charge is 2.27. The van der Waals surface area contributed by atoms with E-state index in [9.17, 15) is 21.2 Å². The first kappa shape index (κ1) is 15.2. The van der Waals surface area contributed by atoms with Crippen molar-refractivity contribution in [1.29, 1.82) is 0 Å². The molecule has 1 fully saturated rings. The molecule has 112 valence electrons. The lowest BCUT2D eigenvalue weighted by atomic mass is 9.87. The Morgan fingerprint density at radius 3 is 2.40 bits per heavy atom. The Labute approximate surface area is 117 Å². The number of benzene rings is 1. The lowest BCUT2D eigenvalue weighted by Gasteiger charge is -2.25. The fourth-order valence-corrected chi connectivity index (χ4v) is 4.43. The van der Waals surface area contributed by atoms with Gasteiger partial charge in [0.2, 0.25) is 20.0 Å². The highest BCUT2D eigenvalue weighted by Crippen LogP contribution is 2.29. The number of sulfonamides is 2. The molecule has 0 aliphatic heterocycles. The van der Waals surface area contributed by atoms with Crippen molar-refractivity contribution in [2.45, 2.75) is 24.2 Å². The third kappa shape index (κ3) is 3.47. The van der Waals surface area contributed by atoms with Crippen LogP contribution < -0.4 is 9.86 Å². The van der Waals surface area contributed by atoms with E-state index in [0.717, 1.165) is 25.3 Å². The number of nitrogens with two attached hydrogens (primary N) is 1.